The number of hydrogen-bond donors (Lipinski definition) is 1. The standard InChI is InChI=1S/C18H18N6O3/c1-22(2)16-5-4-14(24(26)27)9-15(16)18(25)21-11-13-3-6-17(20-10-13)23-8-7-19-12-23/h3-10,12H,11H2,1-2H3,(H,21,25). The molecule has 3 rings (SSSR count). The Morgan fingerprint density at radius 3 is 2.70 bits per heavy atom. The van der Waals surface area contributed by atoms with E-state index in [4.69, 9.17) is 0 Å². The lowest BCUT2D eigenvalue weighted by Crippen LogP contribution is -2.25. The van der Waals surface area contributed by atoms with Crippen molar-refractivity contribution in [2.24, 2.45) is 0 Å². The van der Waals surface area contributed by atoms with Crippen molar-refractivity contribution >= 4 is 17.3 Å². The van der Waals surface area contributed by atoms with Crippen LogP contribution in [0.3, 0.4) is 0 Å². The molecule has 0 saturated carbocycles. The topological polar surface area (TPSA) is 106 Å². The predicted molar refractivity (Wildman–Crippen MR) is 100.0 cm³/mol. The summed E-state index contributed by atoms with van der Waals surface area (Å²) in [6.45, 7) is 0.256. The summed E-state index contributed by atoms with van der Waals surface area (Å²) in [4.78, 5) is 33.1. The van der Waals surface area contributed by atoms with Crippen LogP contribution < -0.4 is 10.2 Å². The van der Waals surface area contributed by atoms with Gasteiger partial charge in [-0.1, -0.05) is 6.07 Å². The fraction of sp³-hybridized carbons (Fsp3) is 0.167. The van der Waals surface area contributed by atoms with Crippen molar-refractivity contribution in [2.75, 3.05) is 19.0 Å². The lowest BCUT2D eigenvalue weighted by atomic mass is 10.1. The van der Waals surface area contributed by atoms with Crippen LogP contribution in [0.5, 0.6) is 0 Å². The van der Waals surface area contributed by atoms with Crippen LogP contribution in [-0.4, -0.2) is 39.5 Å². The Balaban J connectivity index is 1.73. The van der Waals surface area contributed by atoms with E-state index in [1.165, 1.54) is 12.1 Å². The van der Waals surface area contributed by atoms with Crippen molar-refractivity contribution in [3.8, 4) is 5.82 Å². The summed E-state index contributed by atoms with van der Waals surface area (Å²) in [5, 5.41) is 13.8. The molecule has 0 spiro atoms. The second-order valence-corrected chi connectivity index (χ2v) is 6.03. The lowest BCUT2D eigenvalue weighted by Gasteiger charge is -2.17. The normalized spacial score (nSPS) is 10.4. The van der Waals surface area contributed by atoms with Crippen LogP contribution in [-0.2, 0) is 6.54 Å². The average Bonchev–Trinajstić information content (AvgIpc) is 3.20. The molecule has 0 bridgehead atoms. The molecule has 0 saturated heterocycles. The van der Waals surface area contributed by atoms with Crippen LogP contribution in [0.15, 0.2) is 55.2 Å². The predicted octanol–water partition coefficient (Wildman–Crippen LogP) is 2.17. The first-order valence-electron chi connectivity index (χ1n) is 8.13. The Labute approximate surface area is 155 Å². The molecule has 9 heteroatoms. The van der Waals surface area contributed by atoms with Crippen molar-refractivity contribution in [3.63, 3.8) is 0 Å². The van der Waals surface area contributed by atoms with Crippen molar-refractivity contribution in [1.29, 1.82) is 0 Å². The zero-order chi connectivity index (χ0) is 19.4. The number of pyridine rings is 1. The SMILES string of the molecule is CN(C)c1ccc([N+](=O)[O-])cc1C(=O)NCc1ccc(-n2ccnc2)nc1. The summed E-state index contributed by atoms with van der Waals surface area (Å²) in [5.74, 6) is 0.331. The molecule has 3 aromatic rings. The second kappa shape index (κ2) is 7.65. The molecule has 0 fully saturated rings. The van der Waals surface area contributed by atoms with E-state index < -0.39 is 4.92 Å². The number of aromatic nitrogens is 3. The average molecular weight is 366 g/mol. The van der Waals surface area contributed by atoms with Crippen LogP contribution in [0.4, 0.5) is 11.4 Å². The first-order valence-corrected chi connectivity index (χ1v) is 8.13. The molecule has 0 aliphatic heterocycles. The third-order valence-corrected chi connectivity index (χ3v) is 3.95. The zero-order valence-electron chi connectivity index (χ0n) is 14.9. The minimum absolute atomic E-state index is 0.128. The molecular weight excluding hydrogens is 348 g/mol. The maximum Gasteiger partial charge on any atom is 0.270 e. The summed E-state index contributed by atoms with van der Waals surface area (Å²) in [5.41, 5.74) is 1.53. The third-order valence-electron chi connectivity index (χ3n) is 3.95. The van der Waals surface area contributed by atoms with Gasteiger partial charge in [-0.25, -0.2) is 9.97 Å². The number of rotatable bonds is 6. The van der Waals surface area contributed by atoms with E-state index in [0.717, 1.165) is 11.4 Å². The molecule has 0 atom stereocenters. The number of non-ortho nitro benzene ring substituents is 1. The molecule has 1 N–H and O–H groups in total. The minimum atomic E-state index is -0.519. The van der Waals surface area contributed by atoms with Crippen LogP contribution in [0.1, 0.15) is 15.9 Å². The summed E-state index contributed by atoms with van der Waals surface area (Å²) < 4.78 is 1.77. The number of imidazole rings is 1. The second-order valence-electron chi connectivity index (χ2n) is 6.03. The molecule has 0 aliphatic carbocycles. The smallest absolute Gasteiger partial charge is 0.270 e. The van der Waals surface area contributed by atoms with E-state index in [9.17, 15) is 14.9 Å². The van der Waals surface area contributed by atoms with Gasteiger partial charge in [0.05, 0.1) is 10.5 Å². The maximum atomic E-state index is 12.6. The molecule has 2 aromatic heterocycles. The van der Waals surface area contributed by atoms with Crippen LogP contribution in [0.25, 0.3) is 5.82 Å². The van der Waals surface area contributed by atoms with Gasteiger partial charge in [0.15, 0.2) is 0 Å². The molecular formula is C18H18N6O3. The Hall–Kier alpha value is -3.75. The zero-order valence-corrected chi connectivity index (χ0v) is 14.9. The number of amides is 1. The van der Waals surface area contributed by atoms with Crippen molar-refractivity contribution in [1.82, 2.24) is 19.9 Å². The summed E-state index contributed by atoms with van der Waals surface area (Å²) in [7, 11) is 3.55. The number of nitrogens with one attached hydrogen (secondary N) is 1. The first kappa shape index (κ1) is 18.1. The number of nitro benzene ring substituents is 1. The maximum absolute atomic E-state index is 12.6. The van der Waals surface area contributed by atoms with Crippen molar-refractivity contribution in [3.05, 3.63) is 76.5 Å². The summed E-state index contributed by atoms with van der Waals surface area (Å²) >= 11 is 0. The van der Waals surface area contributed by atoms with E-state index in [2.05, 4.69) is 15.3 Å². The fourth-order valence-corrected chi connectivity index (χ4v) is 2.56. The third kappa shape index (κ3) is 4.09. The number of carbonyl (C=O) groups is 1. The molecule has 2 heterocycles. The summed E-state index contributed by atoms with van der Waals surface area (Å²) in [6.07, 6.45) is 6.76. The van der Waals surface area contributed by atoms with Crippen LogP contribution in [0.2, 0.25) is 0 Å². The quantitative estimate of drug-likeness (QED) is 0.529. The van der Waals surface area contributed by atoms with Gasteiger partial charge < -0.3 is 10.2 Å². The minimum Gasteiger partial charge on any atom is -0.377 e. The van der Waals surface area contributed by atoms with Gasteiger partial charge in [-0.05, 0) is 17.7 Å². The highest BCUT2D eigenvalue weighted by Crippen LogP contribution is 2.24. The van der Waals surface area contributed by atoms with Gasteiger partial charge in [0.25, 0.3) is 11.6 Å². The molecule has 9 nitrogen and oxygen atoms in total. The Kier molecular flexibility index (Phi) is 5.11. The highest BCUT2D eigenvalue weighted by Gasteiger charge is 2.17. The molecule has 0 unspecified atom stereocenters. The van der Waals surface area contributed by atoms with Gasteiger partial charge in [-0.2, -0.15) is 0 Å². The van der Waals surface area contributed by atoms with E-state index in [-0.39, 0.29) is 23.7 Å². The Morgan fingerprint density at radius 1 is 1.30 bits per heavy atom. The summed E-state index contributed by atoms with van der Waals surface area (Å²) in [6, 6.07) is 7.90. The van der Waals surface area contributed by atoms with E-state index in [0.29, 0.717) is 5.69 Å². The molecule has 0 radical (unpaired) electrons. The highest BCUT2D eigenvalue weighted by atomic mass is 16.6. The molecule has 1 amide bonds. The first-order chi connectivity index (χ1) is 13.0. The van der Waals surface area contributed by atoms with Gasteiger partial charge in [0, 0.05) is 57.1 Å². The number of nitro groups is 1. The number of anilines is 1. The largest absolute Gasteiger partial charge is 0.377 e. The monoisotopic (exact) mass is 366 g/mol. The lowest BCUT2D eigenvalue weighted by molar-refractivity contribution is -0.384. The van der Waals surface area contributed by atoms with Gasteiger partial charge in [0.2, 0.25) is 0 Å². The molecule has 0 aliphatic rings. The molecule has 27 heavy (non-hydrogen) atoms. The van der Waals surface area contributed by atoms with Crippen LogP contribution >= 0.6 is 0 Å². The van der Waals surface area contributed by atoms with Crippen molar-refractivity contribution in [2.45, 2.75) is 6.54 Å². The highest BCUT2D eigenvalue weighted by molar-refractivity contribution is 6.00. The fourth-order valence-electron chi connectivity index (χ4n) is 2.56. The van der Waals surface area contributed by atoms with Gasteiger partial charge in [-0.15, -0.1) is 0 Å². The molecule has 138 valence electrons. The van der Waals surface area contributed by atoms with E-state index in [1.807, 2.05) is 12.1 Å². The number of hydrogen-bond acceptors (Lipinski definition) is 6. The number of nitrogens with zero attached hydrogens (tertiary/aromatic N) is 5. The Morgan fingerprint density at radius 2 is 2.11 bits per heavy atom. The Bertz CT molecular complexity index is 952. The van der Waals surface area contributed by atoms with E-state index >= 15 is 0 Å². The van der Waals surface area contributed by atoms with E-state index in [1.54, 1.807) is 54.5 Å². The van der Waals surface area contributed by atoms with Gasteiger partial charge in [-0.3, -0.25) is 19.5 Å². The van der Waals surface area contributed by atoms with Gasteiger partial charge >= 0.3 is 0 Å². The number of benzene rings is 1. The van der Waals surface area contributed by atoms with Crippen LogP contribution in [0, 0.1) is 10.1 Å². The van der Waals surface area contributed by atoms with Crippen molar-refractivity contribution < 1.29 is 9.72 Å². The van der Waals surface area contributed by atoms with Gasteiger partial charge in [0.1, 0.15) is 12.1 Å². The number of carbonyl (C=O) groups excluding carboxylic acids is 1. The molecule has 1 aromatic carbocycles.